The van der Waals surface area contributed by atoms with Crippen LogP contribution in [0.25, 0.3) is 107 Å². The molecule has 8 aromatic carbocycles. The molecule has 50 heavy (non-hydrogen) atoms. The van der Waals surface area contributed by atoms with Gasteiger partial charge in [0.05, 0.1) is 0 Å². The van der Waals surface area contributed by atoms with Gasteiger partial charge in [0.1, 0.15) is 0 Å². The summed E-state index contributed by atoms with van der Waals surface area (Å²) in [5.41, 5.74) is 3.01. The van der Waals surface area contributed by atoms with E-state index in [1.807, 2.05) is 22.7 Å². The van der Waals surface area contributed by atoms with Crippen molar-refractivity contribution < 1.29 is 0 Å². The first-order valence-corrected chi connectivity index (χ1v) is 18.3. The van der Waals surface area contributed by atoms with Crippen molar-refractivity contribution in [1.82, 2.24) is 15.0 Å². The van der Waals surface area contributed by atoms with Gasteiger partial charge in [-0.2, -0.15) is 0 Å². The second kappa shape index (κ2) is 10.7. The number of nitrogens with zero attached hydrogens (tertiary/aromatic N) is 3. The van der Waals surface area contributed by atoms with Gasteiger partial charge in [0.25, 0.3) is 0 Å². The fourth-order valence-electron chi connectivity index (χ4n) is 7.55. The van der Waals surface area contributed by atoms with Crippen molar-refractivity contribution in [2.24, 2.45) is 0 Å². The summed E-state index contributed by atoms with van der Waals surface area (Å²) in [5.74, 6) is 2.02. The Bertz CT molecular complexity index is 3000. The van der Waals surface area contributed by atoms with Gasteiger partial charge in [0, 0.05) is 57.0 Å². The van der Waals surface area contributed by atoms with Gasteiger partial charge in [-0.3, -0.25) is 0 Å². The molecule has 0 fully saturated rings. The molecule has 0 spiro atoms. The van der Waals surface area contributed by atoms with Gasteiger partial charge in [-0.05, 0) is 62.6 Å². The van der Waals surface area contributed by atoms with Crippen molar-refractivity contribution in [2.75, 3.05) is 0 Å². The number of aromatic nitrogens is 3. The van der Waals surface area contributed by atoms with Crippen LogP contribution in [-0.4, -0.2) is 15.0 Å². The summed E-state index contributed by atoms with van der Waals surface area (Å²) in [4.78, 5) is 16.1. The van der Waals surface area contributed by atoms with E-state index in [0.29, 0.717) is 17.5 Å². The van der Waals surface area contributed by atoms with Gasteiger partial charge in [0.15, 0.2) is 17.5 Å². The van der Waals surface area contributed by atoms with Crippen molar-refractivity contribution in [2.45, 2.75) is 0 Å². The zero-order chi connectivity index (χ0) is 32.8. The third-order valence-electron chi connectivity index (χ3n) is 9.87. The second-order valence-electron chi connectivity index (χ2n) is 12.8. The first kappa shape index (κ1) is 27.9. The third kappa shape index (κ3) is 4.18. The van der Waals surface area contributed by atoms with Crippen molar-refractivity contribution in [3.8, 4) is 34.2 Å². The topological polar surface area (TPSA) is 38.7 Å². The zero-order valence-corrected chi connectivity index (χ0v) is 28.2. The summed E-state index contributed by atoms with van der Waals surface area (Å²) < 4.78 is 5.02. The molecule has 0 unspecified atom stereocenters. The highest BCUT2D eigenvalue weighted by molar-refractivity contribution is 7.27. The summed E-state index contributed by atoms with van der Waals surface area (Å²) in [7, 11) is 0. The van der Waals surface area contributed by atoms with Crippen LogP contribution in [0.1, 0.15) is 0 Å². The zero-order valence-electron chi connectivity index (χ0n) is 26.6. The van der Waals surface area contributed by atoms with Gasteiger partial charge in [-0.1, -0.05) is 121 Å². The minimum Gasteiger partial charge on any atom is -0.208 e. The predicted octanol–water partition coefficient (Wildman–Crippen LogP) is 13.1. The number of hydrogen-bond donors (Lipinski definition) is 0. The van der Waals surface area contributed by atoms with Crippen LogP contribution in [0.3, 0.4) is 0 Å². The SMILES string of the molecule is c1ccc2cc(-c3nc(-c4cc5ccccc5c5sc6ccccc6c45)nc(-c4cc5ccccc5c5sc6ccccc6c45)n3)ccc2c1. The second-order valence-corrected chi connectivity index (χ2v) is 14.9. The van der Waals surface area contributed by atoms with Gasteiger partial charge in [-0.25, -0.2) is 15.0 Å². The largest absolute Gasteiger partial charge is 0.208 e. The van der Waals surface area contributed by atoms with E-state index < -0.39 is 0 Å². The molecule has 0 aliphatic rings. The predicted molar refractivity (Wildman–Crippen MR) is 214 cm³/mol. The fourth-order valence-corrected chi connectivity index (χ4v) is 10.1. The normalized spacial score (nSPS) is 12.0. The minimum absolute atomic E-state index is 0.664. The Morgan fingerprint density at radius 2 is 0.780 bits per heavy atom. The maximum absolute atomic E-state index is 5.44. The summed E-state index contributed by atoms with van der Waals surface area (Å²) in [6, 6.07) is 54.2. The van der Waals surface area contributed by atoms with Gasteiger partial charge < -0.3 is 0 Å². The van der Waals surface area contributed by atoms with Crippen LogP contribution in [0.4, 0.5) is 0 Å². The molecule has 232 valence electrons. The molecule has 5 heteroatoms. The van der Waals surface area contributed by atoms with Crippen LogP contribution < -0.4 is 0 Å². The highest BCUT2D eigenvalue weighted by Gasteiger charge is 2.22. The van der Waals surface area contributed by atoms with Gasteiger partial charge in [0.2, 0.25) is 0 Å². The van der Waals surface area contributed by atoms with Crippen LogP contribution in [0.15, 0.2) is 152 Å². The van der Waals surface area contributed by atoms with E-state index in [-0.39, 0.29) is 0 Å². The molecule has 11 aromatic rings. The molecular weight excluding hydrogens is 647 g/mol. The standard InChI is InChI=1S/C45H25N3S2/c1-2-12-27-23-30(22-21-26(27)11-1)43-46-44(35-24-28-13-3-5-15-31(28)41-39(35)33-17-7-9-19-37(33)49-41)48-45(47-43)36-25-29-14-4-6-16-32(29)42-40(36)34-18-8-10-20-38(34)50-42/h1-25H. The van der Waals surface area contributed by atoms with E-state index >= 15 is 0 Å². The van der Waals surface area contributed by atoms with E-state index in [2.05, 4.69) is 152 Å². The molecule has 0 aliphatic heterocycles. The average Bonchev–Trinajstić information content (AvgIpc) is 3.77. The van der Waals surface area contributed by atoms with E-state index in [0.717, 1.165) is 22.1 Å². The first-order chi connectivity index (χ1) is 24.8. The number of benzene rings is 8. The lowest BCUT2D eigenvalue weighted by molar-refractivity contribution is 1.08. The van der Waals surface area contributed by atoms with E-state index in [1.165, 1.54) is 67.3 Å². The van der Waals surface area contributed by atoms with Crippen LogP contribution >= 0.6 is 22.7 Å². The average molecular weight is 672 g/mol. The van der Waals surface area contributed by atoms with Crippen molar-refractivity contribution in [3.05, 3.63) is 152 Å². The molecule has 11 rings (SSSR count). The number of hydrogen-bond acceptors (Lipinski definition) is 5. The molecule has 3 nitrogen and oxygen atoms in total. The number of rotatable bonds is 3. The van der Waals surface area contributed by atoms with Crippen LogP contribution in [0.2, 0.25) is 0 Å². The van der Waals surface area contributed by atoms with Crippen molar-refractivity contribution >= 4 is 95.3 Å². The van der Waals surface area contributed by atoms with Crippen LogP contribution in [0.5, 0.6) is 0 Å². The molecule has 0 atom stereocenters. The molecule has 3 heterocycles. The molecular formula is C45H25N3S2. The van der Waals surface area contributed by atoms with E-state index in [9.17, 15) is 0 Å². The number of thiophene rings is 2. The Hall–Kier alpha value is -6.01. The molecule has 0 N–H and O–H groups in total. The highest BCUT2D eigenvalue weighted by atomic mass is 32.1. The minimum atomic E-state index is 0.664. The molecule has 0 saturated carbocycles. The summed E-state index contributed by atoms with van der Waals surface area (Å²) >= 11 is 3.68. The Morgan fingerprint density at radius 1 is 0.340 bits per heavy atom. The Kier molecular flexibility index (Phi) is 5.99. The molecule has 0 radical (unpaired) electrons. The molecule has 3 aromatic heterocycles. The highest BCUT2D eigenvalue weighted by Crippen LogP contribution is 2.46. The third-order valence-corrected chi connectivity index (χ3v) is 12.3. The lowest BCUT2D eigenvalue weighted by Crippen LogP contribution is -2.01. The van der Waals surface area contributed by atoms with E-state index in [4.69, 9.17) is 15.0 Å². The van der Waals surface area contributed by atoms with Crippen molar-refractivity contribution in [3.63, 3.8) is 0 Å². The van der Waals surface area contributed by atoms with Gasteiger partial charge in [-0.15, -0.1) is 22.7 Å². The number of fused-ring (bicyclic) bond motifs is 11. The lowest BCUT2D eigenvalue weighted by Gasteiger charge is -2.13. The fraction of sp³-hybridized carbons (Fsp3) is 0. The Labute approximate surface area is 294 Å². The van der Waals surface area contributed by atoms with Crippen molar-refractivity contribution in [1.29, 1.82) is 0 Å². The summed E-state index contributed by atoms with van der Waals surface area (Å²) in [5, 5.41) is 12.0. The summed E-state index contributed by atoms with van der Waals surface area (Å²) in [6.07, 6.45) is 0. The van der Waals surface area contributed by atoms with E-state index in [1.54, 1.807) is 0 Å². The maximum Gasteiger partial charge on any atom is 0.164 e. The quantitative estimate of drug-likeness (QED) is 0.188. The van der Waals surface area contributed by atoms with Gasteiger partial charge >= 0.3 is 0 Å². The maximum atomic E-state index is 5.44. The Balaban J connectivity index is 1.28. The Morgan fingerprint density at radius 3 is 1.34 bits per heavy atom. The molecule has 0 aliphatic carbocycles. The summed E-state index contributed by atoms with van der Waals surface area (Å²) in [6.45, 7) is 0. The first-order valence-electron chi connectivity index (χ1n) is 16.7. The van der Waals surface area contributed by atoms with Crippen LogP contribution in [0, 0.1) is 0 Å². The molecule has 0 saturated heterocycles. The molecule has 0 bridgehead atoms. The van der Waals surface area contributed by atoms with Crippen LogP contribution in [-0.2, 0) is 0 Å². The molecule has 0 amide bonds. The lowest BCUT2D eigenvalue weighted by atomic mass is 9.98. The monoisotopic (exact) mass is 671 g/mol. The smallest absolute Gasteiger partial charge is 0.164 e.